The van der Waals surface area contributed by atoms with Crippen LogP contribution in [0.2, 0.25) is 0 Å². The van der Waals surface area contributed by atoms with Crippen molar-refractivity contribution in [1.82, 2.24) is 15.5 Å². The first-order valence-corrected chi connectivity index (χ1v) is 11.7. The van der Waals surface area contributed by atoms with Crippen LogP contribution in [0.4, 0.5) is 0 Å². The molecular formula is C22H40N4O2. The Hall–Kier alpha value is -1.30. The summed E-state index contributed by atoms with van der Waals surface area (Å²) in [6.07, 6.45) is 15.3. The van der Waals surface area contributed by atoms with Crippen molar-refractivity contribution < 1.29 is 9.53 Å². The molecular weight excluding hydrogens is 352 g/mol. The molecule has 6 nitrogen and oxygen atoms in total. The van der Waals surface area contributed by atoms with Crippen molar-refractivity contribution in [3.05, 3.63) is 0 Å². The Morgan fingerprint density at radius 2 is 1.68 bits per heavy atom. The van der Waals surface area contributed by atoms with Crippen LogP contribution in [0.15, 0.2) is 4.99 Å². The van der Waals surface area contributed by atoms with Crippen molar-refractivity contribution in [2.75, 3.05) is 26.7 Å². The number of nitrogens with zero attached hydrogens (tertiary/aromatic N) is 2. The number of hydrogen-bond donors (Lipinski definition) is 2. The van der Waals surface area contributed by atoms with Crippen LogP contribution in [0.5, 0.6) is 0 Å². The minimum absolute atomic E-state index is 0.0493. The van der Waals surface area contributed by atoms with Gasteiger partial charge in [-0.25, -0.2) is 0 Å². The number of likely N-dealkylation sites (tertiary alicyclic amines) is 1. The molecule has 0 aromatic heterocycles. The van der Waals surface area contributed by atoms with E-state index in [4.69, 9.17) is 4.74 Å². The molecule has 1 aliphatic heterocycles. The first-order chi connectivity index (χ1) is 13.7. The monoisotopic (exact) mass is 392 g/mol. The Morgan fingerprint density at radius 3 is 2.36 bits per heavy atom. The van der Waals surface area contributed by atoms with Gasteiger partial charge in [-0.05, 0) is 57.8 Å². The van der Waals surface area contributed by atoms with E-state index in [1.165, 1.54) is 70.9 Å². The van der Waals surface area contributed by atoms with E-state index in [2.05, 4.69) is 20.5 Å². The second-order valence-electron chi connectivity index (χ2n) is 8.75. The van der Waals surface area contributed by atoms with Crippen molar-refractivity contribution in [2.45, 2.75) is 102 Å². The zero-order valence-electron chi connectivity index (χ0n) is 17.8. The van der Waals surface area contributed by atoms with E-state index < -0.39 is 0 Å². The maximum atomic E-state index is 11.9. The number of guanidine groups is 1. The fraction of sp³-hybridized carbons (Fsp3) is 0.909. The van der Waals surface area contributed by atoms with Crippen LogP contribution in [-0.4, -0.2) is 61.7 Å². The van der Waals surface area contributed by atoms with E-state index in [1.807, 2.05) is 7.05 Å². The molecule has 2 aliphatic carbocycles. The van der Waals surface area contributed by atoms with E-state index in [0.717, 1.165) is 37.8 Å². The van der Waals surface area contributed by atoms with Crippen LogP contribution in [0.25, 0.3) is 0 Å². The van der Waals surface area contributed by atoms with Gasteiger partial charge < -0.3 is 20.3 Å². The summed E-state index contributed by atoms with van der Waals surface area (Å²) >= 11 is 0. The first-order valence-electron chi connectivity index (χ1n) is 11.7. The van der Waals surface area contributed by atoms with Crippen LogP contribution in [0, 0.1) is 0 Å². The van der Waals surface area contributed by atoms with Gasteiger partial charge >= 0.3 is 5.97 Å². The summed E-state index contributed by atoms with van der Waals surface area (Å²) < 4.78 is 5.51. The highest BCUT2D eigenvalue weighted by atomic mass is 16.5. The molecule has 1 saturated heterocycles. The number of piperidine rings is 1. The van der Waals surface area contributed by atoms with Crippen molar-refractivity contribution >= 4 is 11.9 Å². The van der Waals surface area contributed by atoms with Crippen molar-refractivity contribution in [3.8, 4) is 0 Å². The fourth-order valence-electron chi connectivity index (χ4n) is 4.93. The number of nitrogens with one attached hydrogen (secondary N) is 2. The summed E-state index contributed by atoms with van der Waals surface area (Å²) in [4.78, 5) is 19.0. The molecule has 0 aromatic rings. The lowest BCUT2D eigenvalue weighted by Crippen LogP contribution is -2.51. The van der Waals surface area contributed by atoms with Crippen LogP contribution < -0.4 is 10.6 Å². The Labute approximate surface area is 170 Å². The number of hydrogen-bond acceptors (Lipinski definition) is 4. The highest BCUT2D eigenvalue weighted by Crippen LogP contribution is 2.25. The van der Waals surface area contributed by atoms with Gasteiger partial charge in [-0.3, -0.25) is 9.79 Å². The van der Waals surface area contributed by atoms with Gasteiger partial charge in [0.15, 0.2) is 5.96 Å². The van der Waals surface area contributed by atoms with E-state index in [1.54, 1.807) is 0 Å². The number of ether oxygens (including phenoxy) is 1. The van der Waals surface area contributed by atoms with Crippen LogP contribution in [0.3, 0.4) is 0 Å². The van der Waals surface area contributed by atoms with E-state index >= 15 is 0 Å². The number of esters is 1. The normalized spacial score (nSPS) is 23.7. The molecule has 2 N–H and O–H groups in total. The van der Waals surface area contributed by atoms with Crippen LogP contribution in [-0.2, 0) is 9.53 Å². The number of aliphatic imine (C=N–C) groups is 1. The predicted molar refractivity (Wildman–Crippen MR) is 114 cm³/mol. The third kappa shape index (κ3) is 6.94. The SMILES string of the molecule is CN=C(NCCCC(=O)OC1CCCC1)NC1CCN(C2CCCCC2)CC1. The first kappa shape index (κ1) is 21.4. The van der Waals surface area contributed by atoms with Gasteiger partial charge in [0.25, 0.3) is 0 Å². The zero-order valence-corrected chi connectivity index (χ0v) is 17.8. The highest BCUT2D eigenvalue weighted by molar-refractivity contribution is 5.80. The molecule has 0 spiro atoms. The molecule has 3 rings (SSSR count). The van der Waals surface area contributed by atoms with E-state index in [9.17, 15) is 4.79 Å². The predicted octanol–water partition coefficient (Wildman–Crippen LogP) is 3.21. The molecule has 0 aromatic carbocycles. The summed E-state index contributed by atoms with van der Waals surface area (Å²) in [7, 11) is 1.82. The largest absolute Gasteiger partial charge is 0.462 e. The molecule has 28 heavy (non-hydrogen) atoms. The summed E-state index contributed by atoms with van der Waals surface area (Å²) in [6, 6.07) is 1.33. The molecule has 160 valence electrons. The average Bonchev–Trinajstić information content (AvgIpc) is 3.24. The molecule has 0 radical (unpaired) electrons. The Bertz CT molecular complexity index is 491. The topological polar surface area (TPSA) is 66.0 Å². The van der Waals surface area contributed by atoms with Gasteiger partial charge in [0.2, 0.25) is 0 Å². The molecule has 2 saturated carbocycles. The third-order valence-corrected chi connectivity index (χ3v) is 6.64. The summed E-state index contributed by atoms with van der Waals surface area (Å²) in [5.41, 5.74) is 0. The Kier molecular flexibility index (Phi) is 8.90. The minimum atomic E-state index is -0.0493. The lowest BCUT2D eigenvalue weighted by atomic mass is 9.92. The lowest BCUT2D eigenvalue weighted by Gasteiger charge is -2.39. The average molecular weight is 393 g/mol. The highest BCUT2D eigenvalue weighted by Gasteiger charge is 2.26. The Balaban J connectivity index is 1.26. The lowest BCUT2D eigenvalue weighted by molar-refractivity contribution is -0.148. The standard InChI is InChI=1S/C22H40N4O2/c1-23-22(24-15-7-12-21(27)28-20-10-5-6-11-20)25-18-13-16-26(17-14-18)19-8-3-2-4-9-19/h18-20H,2-17H2,1H3,(H2,23,24,25). The summed E-state index contributed by atoms with van der Waals surface area (Å²) in [5.74, 6) is 0.812. The molecule has 0 bridgehead atoms. The van der Waals surface area contributed by atoms with Gasteiger partial charge in [0, 0.05) is 45.2 Å². The quantitative estimate of drug-likeness (QED) is 0.301. The number of carbonyl (C=O) groups excluding carboxylic acids is 1. The smallest absolute Gasteiger partial charge is 0.306 e. The Morgan fingerprint density at radius 1 is 1.00 bits per heavy atom. The van der Waals surface area contributed by atoms with Crippen LogP contribution in [0.1, 0.15) is 83.5 Å². The molecule has 0 unspecified atom stereocenters. The molecule has 3 fully saturated rings. The van der Waals surface area contributed by atoms with Crippen molar-refractivity contribution in [3.63, 3.8) is 0 Å². The molecule has 1 heterocycles. The van der Waals surface area contributed by atoms with Gasteiger partial charge in [-0.15, -0.1) is 0 Å². The van der Waals surface area contributed by atoms with Gasteiger partial charge in [0.05, 0.1) is 0 Å². The molecule has 6 heteroatoms. The maximum absolute atomic E-state index is 11.9. The number of rotatable bonds is 7. The zero-order chi connectivity index (χ0) is 19.6. The van der Waals surface area contributed by atoms with Crippen molar-refractivity contribution in [1.29, 1.82) is 0 Å². The second kappa shape index (κ2) is 11.6. The fourth-order valence-corrected chi connectivity index (χ4v) is 4.93. The summed E-state index contributed by atoms with van der Waals surface area (Å²) in [6.45, 7) is 3.15. The molecule has 3 aliphatic rings. The molecule has 0 amide bonds. The maximum Gasteiger partial charge on any atom is 0.306 e. The van der Waals surface area contributed by atoms with Crippen molar-refractivity contribution in [2.24, 2.45) is 4.99 Å². The second-order valence-corrected chi connectivity index (χ2v) is 8.75. The van der Waals surface area contributed by atoms with Gasteiger partial charge in [-0.2, -0.15) is 0 Å². The molecule has 0 atom stereocenters. The van der Waals surface area contributed by atoms with E-state index in [0.29, 0.717) is 12.5 Å². The van der Waals surface area contributed by atoms with Gasteiger partial charge in [-0.1, -0.05) is 19.3 Å². The van der Waals surface area contributed by atoms with Gasteiger partial charge in [0.1, 0.15) is 6.10 Å². The third-order valence-electron chi connectivity index (χ3n) is 6.64. The van der Waals surface area contributed by atoms with Crippen LogP contribution >= 0.6 is 0 Å². The van der Waals surface area contributed by atoms with E-state index in [-0.39, 0.29) is 12.1 Å². The number of carbonyl (C=O) groups is 1. The minimum Gasteiger partial charge on any atom is -0.462 e. The summed E-state index contributed by atoms with van der Waals surface area (Å²) in [5, 5.41) is 6.93.